The molecule has 1 atom stereocenters. The molecule has 0 spiro atoms. The van der Waals surface area contributed by atoms with Gasteiger partial charge < -0.3 is 15.5 Å². The molecule has 3 rings (SSSR count). The molecule has 2 N–H and O–H groups in total. The van der Waals surface area contributed by atoms with Crippen LogP contribution in [0.1, 0.15) is 33.2 Å². The molecular formula is C22H31N3O2. The summed E-state index contributed by atoms with van der Waals surface area (Å²) in [6.45, 7) is 3.54. The second-order valence-corrected chi connectivity index (χ2v) is 7.09. The Bertz CT molecular complexity index is 763. The molecule has 1 heterocycles. The number of piperidine rings is 1. The Labute approximate surface area is 163 Å². The molecule has 5 nitrogen and oxygen atoms in total. The minimum absolute atomic E-state index is 0. The third-order valence-corrected chi connectivity index (χ3v) is 4.86. The van der Waals surface area contributed by atoms with Crippen LogP contribution in [0.5, 0.6) is 0 Å². The summed E-state index contributed by atoms with van der Waals surface area (Å²) in [5, 5.41) is 5.71. The van der Waals surface area contributed by atoms with E-state index in [1.807, 2.05) is 66.4 Å². The van der Waals surface area contributed by atoms with Crippen molar-refractivity contribution < 1.29 is 12.4 Å². The molecule has 1 saturated heterocycles. The number of nitrogens with one attached hydrogen (secondary N) is 2. The smallest absolute Gasteiger partial charge is 0.319 e. The summed E-state index contributed by atoms with van der Waals surface area (Å²) in [6, 6.07) is 16.5. The first-order chi connectivity index (χ1) is 13.1. The zero-order valence-electron chi connectivity index (χ0n) is 15.8. The summed E-state index contributed by atoms with van der Waals surface area (Å²) < 4.78 is 0. The number of anilines is 1. The highest BCUT2D eigenvalue weighted by Crippen LogP contribution is 2.13. The fourth-order valence-corrected chi connectivity index (χ4v) is 3.35. The van der Waals surface area contributed by atoms with Gasteiger partial charge in [-0.3, -0.25) is 4.79 Å². The summed E-state index contributed by atoms with van der Waals surface area (Å²) in [5.74, 6) is -0.00221. The summed E-state index contributed by atoms with van der Waals surface area (Å²) in [4.78, 5) is 27.4. The average molecular weight is 370 g/mol. The molecule has 1 aliphatic rings. The summed E-state index contributed by atoms with van der Waals surface area (Å²) in [5.41, 5.74) is 2.87. The van der Waals surface area contributed by atoms with Gasteiger partial charge in [0.05, 0.1) is 0 Å². The van der Waals surface area contributed by atoms with Crippen molar-refractivity contribution in [2.45, 2.75) is 38.6 Å². The number of likely N-dealkylation sites (tertiary alicyclic amines) is 1. The predicted octanol–water partition coefficient (Wildman–Crippen LogP) is 4.23. The molecule has 27 heavy (non-hydrogen) atoms. The fraction of sp³-hybridized carbons (Fsp3) is 0.364. The highest BCUT2D eigenvalue weighted by molar-refractivity contribution is 5.93. The average Bonchev–Trinajstić information content (AvgIpc) is 2.70. The van der Waals surface area contributed by atoms with Gasteiger partial charge in [-0.15, -0.1) is 0 Å². The van der Waals surface area contributed by atoms with Crippen molar-refractivity contribution in [3.63, 3.8) is 0 Å². The topological polar surface area (TPSA) is 61.4 Å². The van der Waals surface area contributed by atoms with E-state index in [2.05, 4.69) is 10.6 Å². The van der Waals surface area contributed by atoms with E-state index in [4.69, 9.17) is 0 Å². The predicted molar refractivity (Wildman–Crippen MR) is 112 cm³/mol. The maximum atomic E-state index is 13.0. The lowest BCUT2D eigenvalue weighted by molar-refractivity contribution is -0.134. The van der Waals surface area contributed by atoms with Gasteiger partial charge in [0.15, 0.2) is 0 Å². The first kappa shape index (κ1) is 19.0. The Morgan fingerprint density at radius 3 is 2.33 bits per heavy atom. The minimum Gasteiger partial charge on any atom is -0.341 e. The number of rotatable bonds is 5. The Hall–Kier alpha value is -2.82. The van der Waals surface area contributed by atoms with Gasteiger partial charge >= 0.3 is 6.03 Å². The third kappa shape index (κ3) is 5.58. The van der Waals surface area contributed by atoms with E-state index in [1.54, 1.807) is 0 Å². The third-order valence-electron chi connectivity index (χ3n) is 4.86. The van der Waals surface area contributed by atoms with Gasteiger partial charge in [-0.2, -0.15) is 0 Å². The summed E-state index contributed by atoms with van der Waals surface area (Å²) in [7, 11) is 0. The lowest BCUT2D eigenvalue weighted by atomic mass is 10.0. The van der Waals surface area contributed by atoms with Crippen LogP contribution in [0.15, 0.2) is 54.6 Å². The Morgan fingerprint density at radius 1 is 1.00 bits per heavy atom. The van der Waals surface area contributed by atoms with E-state index in [0.29, 0.717) is 12.1 Å². The van der Waals surface area contributed by atoms with Crippen molar-refractivity contribution in [1.82, 2.24) is 10.2 Å². The van der Waals surface area contributed by atoms with Gasteiger partial charge in [-0.05, 0) is 43.9 Å². The zero-order chi connectivity index (χ0) is 19.1. The van der Waals surface area contributed by atoms with Crippen LogP contribution in [0.2, 0.25) is 0 Å². The summed E-state index contributed by atoms with van der Waals surface area (Å²) in [6.07, 6.45) is 3.70. The summed E-state index contributed by atoms with van der Waals surface area (Å²) >= 11 is 0. The molecule has 1 unspecified atom stereocenters. The Morgan fingerprint density at radius 2 is 1.67 bits per heavy atom. The lowest BCUT2D eigenvalue weighted by Crippen LogP contribution is -2.52. The second-order valence-electron chi connectivity index (χ2n) is 7.09. The van der Waals surface area contributed by atoms with Crippen LogP contribution < -0.4 is 10.6 Å². The largest absolute Gasteiger partial charge is 0.341 e. The van der Waals surface area contributed by atoms with Crippen LogP contribution in [-0.2, 0) is 11.2 Å². The van der Waals surface area contributed by atoms with E-state index in [9.17, 15) is 9.59 Å². The Kier molecular flexibility index (Phi) is 6.47. The molecule has 0 saturated carbocycles. The van der Waals surface area contributed by atoms with E-state index >= 15 is 0 Å². The molecule has 1 aliphatic heterocycles. The van der Waals surface area contributed by atoms with E-state index in [0.717, 1.165) is 43.5 Å². The number of amides is 3. The first-order valence-corrected chi connectivity index (χ1v) is 9.59. The SMILES string of the molecule is Cc1ccc(NC(=O)NC(Cc2ccccc2)C(=O)N2CCCCC2)cc1.[HH].[HH]. The second kappa shape index (κ2) is 9.21. The van der Waals surface area contributed by atoms with E-state index in [1.165, 1.54) is 0 Å². The van der Waals surface area contributed by atoms with Crippen molar-refractivity contribution in [2.75, 3.05) is 18.4 Å². The molecule has 0 bridgehead atoms. The number of urea groups is 1. The monoisotopic (exact) mass is 369 g/mol. The Balaban J connectivity index is 0.00000210. The molecule has 5 heteroatoms. The van der Waals surface area contributed by atoms with Gasteiger partial charge in [0.25, 0.3) is 0 Å². The molecule has 0 aliphatic carbocycles. The molecule has 0 aromatic heterocycles. The molecule has 1 fully saturated rings. The van der Waals surface area contributed by atoms with Crippen molar-refractivity contribution in [3.8, 4) is 0 Å². The van der Waals surface area contributed by atoms with Crippen LogP contribution in [0.3, 0.4) is 0 Å². The van der Waals surface area contributed by atoms with Crippen LogP contribution in [-0.4, -0.2) is 36.0 Å². The number of aryl methyl sites for hydroxylation is 1. The maximum absolute atomic E-state index is 13.0. The standard InChI is InChI=1S/C22H27N3O2.2H2/c1-17-10-12-19(13-11-17)23-22(27)24-20(16-18-8-4-2-5-9-18)21(26)25-14-6-3-7-15-25;;/h2,4-5,8-13,20H,3,6-7,14-16H2,1H3,(H2,23,24,27);2*1H. The van der Waals surface area contributed by atoms with Crippen molar-refractivity contribution in [3.05, 3.63) is 65.7 Å². The maximum Gasteiger partial charge on any atom is 0.319 e. The van der Waals surface area contributed by atoms with Gasteiger partial charge in [0.2, 0.25) is 5.91 Å². The van der Waals surface area contributed by atoms with E-state index in [-0.39, 0.29) is 14.8 Å². The van der Waals surface area contributed by atoms with Gasteiger partial charge in [-0.1, -0.05) is 48.0 Å². The van der Waals surface area contributed by atoms with Crippen molar-refractivity contribution in [1.29, 1.82) is 0 Å². The minimum atomic E-state index is -0.573. The molecule has 2 aromatic rings. The number of nitrogens with zero attached hydrogens (tertiary/aromatic N) is 1. The number of carbonyl (C=O) groups is 2. The number of carbonyl (C=O) groups excluding carboxylic acids is 2. The number of hydrogen-bond donors (Lipinski definition) is 2. The van der Waals surface area contributed by atoms with Crippen LogP contribution in [0.25, 0.3) is 0 Å². The highest BCUT2D eigenvalue weighted by Gasteiger charge is 2.27. The van der Waals surface area contributed by atoms with Crippen LogP contribution in [0.4, 0.5) is 10.5 Å². The number of hydrogen-bond acceptors (Lipinski definition) is 2. The van der Waals surface area contributed by atoms with Gasteiger partial charge in [0, 0.05) is 28.1 Å². The van der Waals surface area contributed by atoms with Crippen LogP contribution in [0, 0.1) is 6.92 Å². The normalized spacial score (nSPS) is 15.1. The van der Waals surface area contributed by atoms with Crippen LogP contribution >= 0.6 is 0 Å². The molecule has 2 aromatic carbocycles. The molecule has 3 amide bonds. The zero-order valence-corrected chi connectivity index (χ0v) is 15.8. The molecule has 0 radical (unpaired) electrons. The van der Waals surface area contributed by atoms with Crippen molar-refractivity contribution in [2.24, 2.45) is 0 Å². The van der Waals surface area contributed by atoms with Gasteiger partial charge in [-0.25, -0.2) is 4.79 Å². The fourth-order valence-electron chi connectivity index (χ4n) is 3.35. The lowest BCUT2D eigenvalue weighted by Gasteiger charge is -2.31. The quantitative estimate of drug-likeness (QED) is 0.828. The van der Waals surface area contributed by atoms with Crippen molar-refractivity contribution >= 4 is 17.6 Å². The van der Waals surface area contributed by atoms with Gasteiger partial charge in [0.1, 0.15) is 6.04 Å². The number of benzene rings is 2. The molecule has 146 valence electrons. The first-order valence-electron chi connectivity index (χ1n) is 9.59. The molecular weight excluding hydrogens is 338 g/mol. The van der Waals surface area contributed by atoms with E-state index < -0.39 is 6.04 Å². The highest BCUT2D eigenvalue weighted by atomic mass is 16.2.